The Hall–Kier alpha value is -2.21. The number of carboxylic acids is 1. The van der Waals surface area contributed by atoms with Crippen LogP contribution in [0.25, 0.3) is 0 Å². The highest BCUT2D eigenvalue weighted by molar-refractivity contribution is 7.98. The highest BCUT2D eigenvalue weighted by atomic mass is 32.2. The van der Waals surface area contributed by atoms with Gasteiger partial charge in [0.1, 0.15) is 12.0 Å². The Kier molecular flexibility index (Phi) is 3.91. The Morgan fingerprint density at radius 3 is 2.74 bits per heavy atom. The summed E-state index contributed by atoms with van der Waals surface area (Å²) in [6.07, 6.45) is 0.974. The Labute approximate surface area is 112 Å². The lowest BCUT2D eigenvalue weighted by Gasteiger charge is -2.04. The maximum atomic E-state index is 11.2. The van der Waals surface area contributed by atoms with Gasteiger partial charge in [-0.05, 0) is 12.1 Å². The standard InChI is InChI=1S/C13H10O5S/c14-10-5-8(18-6-11(10)15)7-19-12-4-2-1-3-9(12)13(16)17/h1-6,15H,7H2,(H,16,17). The van der Waals surface area contributed by atoms with Crippen LogP contribution in [-0.4, -0.2) is 16.2 Å². The summed E-state index contributed by atoms with van der Waals surface area (Å²) in [5.74, 6) is -0.775. The van der Waals surface area contributed by atoms with E-state index in [4.69, 9.17) is 14.6 Å². The number of thioether (sulfide) groups is 1. The lowest BCUT2D eigenvalue weighted by Crippen LogP contribution is -2.00. The number of benzene rings is 1. The molecular formula is C13H10O5S. The van der Waals surface area contributed by atoms with Crippen LogP contribution in [0.4, 0.5) is 0 Å². The second-order valence-corrected chi connectivity index (χ2v) is 4.70. The molecule has 0 radical (unpaired) electrons. The van der Waals surface area contributed by atoms with Crippen molar-refractivity contribution in [1.82, 2.24) is 0 Å². The Morgan fingerprint density at radius 2 is 2.05 bits per heavy atom. The van der Waals surface area contributed by atoms with Crippen LogP contribution in [0.1, 0.15) is 16.1 Å². The first-order chi connectivity index (χ1) is 9.08. The minimum atomic E-state index is -1.00. The van der Waals surface area contributed by atoms with Crippen LogP contribution in [0.15, 0.2) is 50.7 Å². The largest absolute Gasteiger partial charge is 0.502 e. The van der Waals surface area contributed by atoms with E-state index in [0.29, 0.717) is 16.4 Å². The maximum absolute atomic E-state index is 11.2. The molecule has 1 aromatic heterocycles. The molecule has 0 bridgehead atoms. The summed E-state index contributed by atoms with van der Waals surface area (Å²) in [4.78, 5) is 22.8. The SMILES string of the molecule is O=C(O)c1ccccc1SCc1cc(=O)c(O)co1. The summed E-state index contributed by atoms with van der Waals surface area (Å²) in [6, 6.07) is 7.77. The monoisotopic (exact) mass is 278 g/mol. The molecule has 6 heteroatoms. The molecule has 2 aromatic rings. The van der Waals surface area contributed by atoms with E-state index in [0.717, 1.165) is 6.26 Å². The number of rotatable bonds is 4. The van der Waals surface area contributed by atoms with E-state index < -0.39 is 17.1 Å². The predicted molar refractivity (Wildman–Crippen MR) is 69.6 cm³/mol. The first-order valence-corrected chi connectivity index (χ1v) is 6.32. The van der Waals surface area contributed by atoms with Gasteiger partial charge in [0.15, 0.2) is 5.75 Å². The zero-order chi connectivity index (χ0) is 13.8. The van der Waals surface area contributed by atoms with E-state index >= 15 is 0 Å². The van der Waals surface area contributed by atoms with E-state index in [9.17, 15) is 9.59 Å². The maximum Gasteiger partial charge on any atom is 0.336 e. The molecule has 0 saturated heterocycles. The summed E-state index contributed by atoms with van der Waals surface area (Å²) in [5.41, 5.74) is -0.318. The van der Waals surface area contributed by atoms with Crippen molar-refractivity contribution in [3.05, 3.63) is 58.1 Å². The molecular weight excluding hydrogens is 268 g/mol. The Balaban J connectivity index is 2.16. The number of hydrogen-bond donors (Lipinski definition) is 2. The molecule has 19 heavy (non-hydrogen) atoms. The highest BCUT2D eigenvalue weighted by Crippen LogP contribution is 2.26. The smallest absolute Gasteiger partial charge is 0.336 e. The molecule has 2 N–H and O–H groups in total. The molecule has 0 amide bonds. The van der Waals surface area contributed by atoms with Gasteiger partial charge in [-0.1, -0.05) is 12.1 Å². The predicted octanol–water partition coefficient (Wildman–Crippen LogP) is 2.34. The zero-order valence-electron chi connectivity index (χ0n) is 9.70. The van der Waals surface area contributed by atoms with E-state index in [1.54, 1.807) is 18.2 Å². The minimum absolute atomic E-state index is 0.202. The molecule has 1 aromatic carbocycles. The molecule has 5 nitrogen and oxygen atoms in total. The van der Waals surface area contributed by atoms with Crippen molar-refractivity contribution in [3.63, 3.8) is 0 Å². The molecule has 0 saturated carbocycles. The number of carbonyl (C=O) groups is 1. The number of aromatic carboxylic acids is 1. The molecule has 0 atom stereocenters. The molecule has 0 aliphatic rings. The molecule has 1 heterocycles. The summed E-state index contributed by atoms with van der Waals surface area (Å²) in [6.45, 7) is 0. The fourth-order valence-electron chi connectivity index (χ4n) is 1.44. The van der Waals surface area contributed by atoms with Crippen molar-refractivity contribution >= 4 is 17.7 Å². The van der Waals surface area contributed by atoms with Crippen molar-refractivity contribution < 1.29 is 19.4 Å². The summed E-state index contributed by atoms with van der Waals surface area (Å²) < 4.78 is 5.04. The number of hydrogen-bond acceptors (Lipinski definition) is 5. The first-order valence-electron chi connectivity index (χ1n) is 5.34. The van der Waals surface area contributed by atoms with Crippen molar-refractivity contribution in [2.24, 2.45) is 0 Å². The van der Waals surface area contributed by atoms with E-state index in [-0.39, 0.29) is 5.56 Å². The van der Waals surface area contributed by atoms with Crippen molar-refractivity contribution in [2.75, 3.05) is 0 Å². The molecule has 0 fully saturated rings. The van der Waals surface area contributed by atoms with Crippen LogP contribution in [-0.2, 0) is 5.75 Å². The lowest BCUT2D eigenvalue weighted by molar-refractivity contribution is 0.0693. The lowest BCUT2D eigenvalue weighted by atomic mass is 10.2. The number of carboxylic acid groups (broad SMARTS) is 1. The van der Waals surface area contributed by atoms with Gasteiger partial charge in [0.25, 0.3) is 0 Å². The topological polar surface area (TPSA) is 87.7 Å². The van der Waals surface area contributed by atoms with Crippen LogP contribution >= 0.6 is 11.8 Å². The van der Waals surface area contributed by atoms with Gasteiger partial charge < -0.3 is 14.6 Å². The summed E-state index contributed by atoms with van der Waals surface area (Å²) in [7, 11) is 0. The van der Waals surface area contributed by atoms with E-state index in [2.05, 4.69) is 0 Å². The summed E-state index contributed by atoms with van der Waals surface area (Å²) in [5, 5.41) is 18.1. The molecule has 98 valence electrons. The summed E-state index contributed by atoms with van der Waals surface area (Å²) >= 11 is 1.25. The fourth-order valence-corrected chi connectivity index (χ4v) is 2.37. The van der Waals surface area contributed by atoms with Gasteiger partial charge in [0, 0.05) is 11.0 Å². The van der Waals surface area contributed by atoms with Crippen molar-refractivity contribution in [2.45, 2.75) is 10.6 Å². The third-order valence-corrected chi connectivity index (χ3v) is 3.45. The molecule has 0 unspecified atom stereocenters. The molecule has 0 spiro atoms. The highest BCUT2D eigenvalue weighted by Gasteiger charge is 2.10. The minimum Gasteiger partial charge on any atom is -0.502 e. The average molecular weight is 278 g/mol. The van der Waals surface area contributed by atoms with Gasteiger partial charge in [0.05, 0.1) is 11.3 Å². The quantitative estimate of drug-likeness (QED) is 0.834. The molecule has 2 rings (SSSR count). The third kappa shape index (κ3) is 3.17. The van der Waals surface area contributed by atoms with Crippen molar-refractivity contribution in [3.8, 4) is 5.75 Å². The second kappa shape index (κ2) is 5.62. The fraction of sp³-hybridized carbons (Fsp3) is 0.0769. The van der Waals surface area contributed by atoms with Gasteiger partial charge in [-0.15, -0.1) is 11.8 Å². The van der Waals surface area contributed by atoms with Crippen LogP contribution in [0, 0.1) is 0 Å². The van der Waals surface area contributed by atoms with Gasteiger partial charge in [-0.3, -0.25) is 4.79 Å². The van der Waals surface area contributed by atoms with Crippen LogP contribution in [0.3, 0.4) is 0 Å². The van der Waals surface area contributed by atoms with E-state index in [1.807, 2.05) is 0 Å². The average Bonchev–Trinajstić information content (AvgIpc) is 2.40. The van der Waals surface area contributed by atoms with Gasteiger partial charge in [-0.25, -0.2) is 4.79 Å². The molecule has 0 aliphatic carbocycles. The molecule has 0 aliphatic heterocycles. The van der Waals surface area contributed by atoms with Crippen LogP contribution in [0.2, 0.25) is 0 Å². The Bertz CT molecular complexity index is 662. The van der Waals surface area contributed by atoms with Gasteiger partial charge in [0.2, 0.25) is 5.43 Å². The van der Waals surface area contributed by atoms with Crippen molar-refractivity contribution in [1.29, 1.82) is 0 Å². The van der Waals surface area contributed by atoms with Crippen LogP contribution in [0.5, 0.6) is 5.75 Å². The first kappa shape index (κ1) is 13.2. The second-order valence-electron chi connectivity index (χ2n) is 3.69. The third-order valence-electron chi connectivity index (χ3n) is 2.35. The number of aromatic hydroxyl groups is 1. The van der Waals surface area contributed by atoms with E-state index in [1.165, 1.54) is 23.9 Å². The van der Waals surface area contributed by atoms with Gasteiger partial charge >= 0.3 is 5.97 Å². The zero-order valence-corrected chi connectivity index (χ0v) is 10.5. The van der Waals surface area contributed by atoms with Crippen LogP contribution < -0.4 is 5.43 Å². The Morgan fingerprint density at radius 1 is 1.32 bits per heavy atom. The van der Waals surface area contributed by atoms with Gasteiger partial charge in [-0.2, -0.15) is 0 Å². The normalized spacial score (nSPS) is 10.3.